The van der Waals surface area contributed by atoms with E-state index in [0.717, 1.165) is 6.04 Å². The first-order chi connectivity index (χ1) is 4.45. The quantitative estimate of drug-likeness (QED) is 0.623. The second-order valence-corrected chi connectivity index (χ2v) is 2.49. The summed E-state index contributed by atoms with van der Waals surface area (Å²) in [4.78, 5) is 0. The molecule has 1 N–H and O–H groups in total. The van der Waals surface area contributed by atoms with Crippen molar-refractivity contribution >= 4 is 0 Å². The number of nitrogens with zero attached hydrogens (tertiary/aromatic N) is 1. The zero-order chi connectivity index (χ0) is 6.10. The lowest BCUT2D eigenvalue weighted by molar-refractivity contribution is 0.843. The summed E-state index contributed by atoms with van der Waals surface area (Å²) in [6, 6.07) is 4.79. The Balaban J connectivity index is 1.99. The van der Waals surface area contributed by atoms with Crippen LogP contribution >= 0.6 is 0 Å². The number of hydrogen-bond donors (Lipinski definition) is 1. The lowest BCUT2D eigenvalue weighted by Gasteiger charge is -2.02. The second-order valence-electron chi connectivity index (χ2n) is 2.49. The van der Waals surface area contributed by atoms with Gasteiger partial charge in [0.05, 0.1) is 0 Å². The highest BCUT2D eigenvalue weighted by atomic mass is 15.4. The van der Waals surface area contributed by atoms with Gasteiger partial charge in [0.25, 0.3) is 0 Å². The fourth-order valence-corrected chi connectivity index (χ4v) is 0.844. The minimum absolute atomic E-state index is 0.748. The SMILES string of the molecule is c1ccn(NC2CC2)c1. The van der Waals surface area contributed by atoms with Crippen molar-refractivity contribution in [1.82, 2.24) is 4.68 Å². The molecule has 1 aliphatic carbocycles. The van der Waals surface area contributed by atoms with Crippen molar-refractivity contribution in [2.24, 2.45) is 0 Å². The Morgan fingerprint density at radius 2 is 1.89 bits per heavy atom. The summed E-state index contributed by atoms with van der Waals surface area (Å²) < 4.78 is 2.01. The van der Waals surface area contributed by atoms with E-state index in [1.165, 1.54) is 12.8 Å². The van der Waals surface area contributed by atoms with E-state index in [1.54, 1.807) is 0 Å². The van der Waals surface area contributed by atoms with Crippen LogP contribution in [0.5, 0.6) is 0 Å². The third kappa shape index (κ3) is 1.07. The van der Waals surface area contributed by atoms with Crippen LogP contribution in [0.2, 0.25) is 0 Å². The zero-order valence-corrected chi connectivity index (χ0v) is 5.25. The van der Waals surface area contributed by atoms with Gasteiger partial charge >= 0.3 is 0 Å². The standard InChI is InChI=1S/C7H10N2/c1-2-6-9(5-1)8-7-3-4-7/h1-2,5-8H,3-4H2. The highest BCUT2D eigenvalue weighted by Gasteiger charge is 2.20. The molecule has 0 radical (unpaired) electrons. The van der Waals surface area contributed by atoms with E-state index in [0.29, 0.717) is 0 Å². The van der Waals surface area contributed by atoms with Crippen molar-refractivity contribution in [2.45, 2.75) is 18.9 Å². The average molecular weight is 122 g/mol. The Morgan fingerprint density at radius 3 is 2.44 bits per heavy atom. The molecular formula is C7H10N2. The first-order valence-electron chi connectivity index (χ1n) is 3.35. The van der Waals surface area contributed by atoms with Crippen LogP contribution in [0.25, 0.3) is 0 Å². The highest BCUT2D eigenvalue weighted by Crippen LogP contribution is 2.19. The van der Waals surface area contributed by atoms with Crippen LogP contribution < -0.4 is 5.43 Å². The average Bonchev–Trinajstić information content (AvgIpc) is 2.46. The van der Waals surface area contributed by atoms with Gasteiger partial charge in [0.15, 0.2) is 0 Å². The van der Waals surface area contributed by atoms with Gasteiger partial charge in [0.1, 0.15) is 0 Å². The second kappa shape index (κ2) is 1.79. The molecule has 1 fully saturated rings. The van der Waals surface area contributed by atoms with Crippen molar-refractivity contribution in [2.75, 3.05) is 5.43 Å². The normalized spacial score (nSPS) is 17.8. The summed E-state index contributed by atoms with van der Waals surface area (Å²) >= 11 is 0. The fraction of sp³-hybridized carbons (Fsp3) is 0.429. The van der Waals surface area contributed by atoms with Crippen molar-refractivity contribution < 1.29 is 0 Å². The summed E-state index contributed by atoms with van der Waals surface area (Å²) in [6.45, 7) is 0. The van der Waals surface area contributed by atoms with Crippen molar-refractivity contribution in [3.63, 3.8) is 0 Å². The smallest absolute Gasteiger partial charge is 0.0425 e. The molecule has 0 bridgehead atoms. The van der Waals surface area contributed by atoms with E-state index in [-0.39, 0.29) is 0 Å². The molecule has 2 rings (SSSR count). The molecule has 2 heteroatoms. The van der Waals surface area contributed by atoms with E-state index >= 15 is 0 Å². The largest absolute Gasteiger partial charge is 0.323 e. The van der Waals surface area contributed by atoms with Gasteiger partial charge in [0, 0.05) is 18.4 Å². The van der Waals surface area contributed by atoms with Gasteiger partial charge in [-0.15, -0.1) is 0 Å². The van der Waals surface area contributed by atoms with Crippen LogP contribution in [0, 0.1) is 0 Å². The Kier molecular flexibility index (Phi) is 0.979. The first-order valence-corrected chi connectivity index (χ1v) is 3.35. The minimum atomic E-state index is 0.748. The topological polar surface area (TPSA) is 17.0 Å². The van der Waals surface area contributed by atoms with E-state index in [4.69, 9.17) is 0 Å². The minimum Gasteiger partial charge on any atom is -0.323 e. The van der Waals surface area contributed by atoms with Crippen LogP contribution in [0.3, 0.4) is 0 Å². The predicted octanol–water partition coefficient (Wildman–Crippen LogP) is 1.19. The molecular weight excluding hydrogens is 112 g/mol. The van der Waals surface area contributed by atoms with Crippen LogP contribution in [-0.2, 0) is 0 Å². The maximum atomic E-state index is 3.31. The van der Waals surface area contributed by atoms with Crippen LogP contribution in [0.1, 0.15) is 12.8 Å². The van der Waals surface area contributed by atoms with Crippen LogP contribution in [0.15, 0.2) is 24.5 Å². The maximum absolute atomic E-state index is 3.31. The molecule has 0 aromatic carbocycles. The Morgan fingerprint density at radius 1 is 1.22 bits per heavy atom. The summed E-state index contributed by atoms with van der Waals surface area (Å²) in [7, 11) is 0. The Hall–Kier alpha value is -0.920. The third-order valence-electron chi connectivity index (χ3n) is 1.51. The number of nitrogens with one attached hydrogen (secondary N) is 1. The summed E-state index contributed by atoms with van der Waals surface area (Å²) in [5, 5.41) is 0. The van der Waals surface area contributed by atoms with E-state index in [9.17, 15) is 0 Å². The monoisotopic (exact) mass is 122 g/mol. The van der Waals surface area contributed by atoms with Crippen molar-refractivity contribution in [3.05, 3.63) is 24.5 Å². The molecule has 1 heterocycles. The number of rotatable bonds is 2. The fourth-order valence-electron chi connectivity index (χ4n) is 0.844. The van der Waals surface area contributed by atoms with Gasteiger partial charge in [-0.1, -0.05) is 0 Å². The van der Waals surface area contributed by atoms with Crippen LogP contribution in [0.4, 0.5) is 0 Å². The van der Waals surface area contributed by atoms with E-state index in [1.807, 2.05) is 29.2 Å². The predicted molar refractivity (Wildman–Crippen MR) is 36.8 cm³/mol. The molecule has 48 valence electrons. The Bertz CT molecular complexity index is 175. The van der Waals surface area contributed by atoms with Gasteiger partial charge in [-0.3, -0.25) is 4.68 Å². The van der Waals surface area contributed by atoms with Gasteiger partial charge in [-0.05, 0) is 25.0 Å². The maximum Gasteiger partial charge on any atom is 0.0425 e. The summed E-state index contributed by atoms with van der Waals surface area (Å²) in [6.07, 6.45) is 6.72. The molecule has 9 heavy (non-hydrogen) atoms. The molecule has 1 aromatic heterocycles. The summed E-state index contributed by atoms with van der Waals surface area (Å²) in [5.41, 5.74) is 3.31. The molecule has 0 unspecified atom stereocenters. The molecule has 2 nitrogen and oxygen atoms in total. The van der Waals surface area contributed by atoms with Gasteiger partial charge in [-0.25, -0.2) is 0 Å². The molecule has 1 saturated carbocycles. The van der Waals surface area contributed by atoms with Crippen molar-refractivity contribution in [1.29, 1.82) is 0 Å². The molecule has 1 aromatic rings. The zero-order valence-electron chi connectivity index (χ0n) is 5.25. The number of aromatic nitrogens is 1. The van der Waals surface area contributed by atoms with Crippen LogP contribution in [-0.4, -0.2) is 10.7 Å². The Labute approximate surface area is 54.5 Å². The summed E-state index contributed by atoms with van der Waals surface area (Å²) in [5.74, 6) is 0. The van der Waals surface area contributed by atoms with E-state index in [2.05, 4.69) is 5.43 Å². The lowest BCUT2D eigenvalue weighted by Crippen LogP contribution is -2.13. The first kappa shape index (κ1) is 4.91. The molecule has 0 spiro atoms. The molecule has 0 saturated heterocycles. The number of hydrogen-bond acceptors (Lipinski definition) is 1. The van der Waals surface area contributed by atoms with Gasteiger partial charge in [-0.2, -0.15) is 0 Å². The molecule has 0 amide bonds. The lowest BCUT2D eigenvalue weighted by atomic mass is 10.7. The molecule has 1 aliphatic rings. The molecule has 0 aliphatic heterocycles. The third-order valence-corrected chi connectivity index (χ3v) is 1.51. The molecule has 0 atom stereocenters. The highest BCUT2D eigenvalue weighted by molar-refractivity contribution is 4.99. The van der Waals surface area contributed by atoms with Gasteiger partial charge in [0.2, 0.25) is 0 Å². The van der Waals surface area contributed by atoms with Crippen molar-refractivity contribution in [3.8, 4) is 0 Å². The van der Waals surface area contributed by atoms with E-state index < -0.39 is 0 Å². The van der Waals surface area contributed by atoms with Gasteiger partial charge < -0.3 is 5.43 Å².